The van der Waals surface area contributed by atoms with Gasteiger partial charge in [-0.1, -0.05) is 39.8 Å². The van der Waals surface area contributed by atoms with E-state index in [4.69, 9.17) is 0 Å². The molecule has 1 rings (SSSR count). The van der Waals surface area contributed by atoms with Crippen molar-refractivity contribution in [3.05, 3.63) is 24.8 Å². The summed E-state index contributed by atoms with van der Waals surface area (Å²) in [7, 11) is 0. The van der Waals surface area contributed by atoms with E-state index < -0.39 is 6.10 Å². The fourth-order valence-corrected chi connectivity index (χ4v) is 3.18. The Labute approximate surface area is 107 Å². The third-order valence-corrected chi connectivity index (χ3v) is 4.32. The van der Waals surface area contributed by atoms with Crippen LogP contribution in [0, 0.1) is 23.7 Å². The average molecular weight is 236 g/mol. The van der Waals surface area contributed by atoms with Crippen molar-refractivity contribution in [2.45, 2.75) is 52.6 Å². The van der Waals surface area contributed by atoms with Gasteiger partial charge in [0.1, 0.15) is 0 Å². The van der Waals surface area contributed by atoms with Gasteiger partial charge in [0.25, 0.3) is 0 Å². The predicted octanol–water partition coefficient (Wildman–Crippen LogP) is 4.19. The first kappa shape index (κ1) is 14.5. The summed E-state index contributed by atoms with van der Waals surface area (Å²) in [6, 6.07) is 0. The summed E-state index contributed by atoms with van der Waals surface area (Å²) in [5, 5.41) is 10.1. The van der Waals surface area contributed by atoms with Gasteiger partial charge in [-0.3, -0.25) is 0 Å². The Hall–Kier alpha value is -0.560. The zero-order valence-corrected chi connectivity index (χ0v) is 11.7. The number of hydrogen-bond donors (Lipinski definition) is 1. The Kier molecular flexibility index (Phi) is 5.45. The smallest absolute Gasteiger partial charge is 0.0784 e. The lowest BCUT2D eigenvalue weighted by Gasteiger charge is -2.39. The van der Waals surface area contributed by atoms with E-state index in [0.29, 0.717) is 24.2 Å². The largest absolute Gasteiger partial charge is 0.388 e. The maximum Gasteiger partial charge on any atom is 0.0784 e. The van der Waals surface area contributed by atoms with Gasteiger partial charge in [0.15, 0.2) is 0 Å². The first-order valence-corrected chi connectivity index (χ1v) is 6.95. The van der Waals surface area contributed by atoms with E-state index in [1.54, 1.807) is 6.08 Å². The Bertz CT molecular complexity index is 267. The van der Waals surface area contributed by atoms with Gasteiger partial charge in [0, 0.05) is 0 Å². The predicted molar refractivity (Wildman–Crippen MR) is 74.8 cm³/mol. The molecule has 0 aromatic carbocycles. The maximum atomic E-state index is 10.1. The summed E-state index contributed by atoms with van der Waals surface area (Å²) in [6.07, 6.45) is 5.81. The molecule has 1 saturated carbocycles. The van der Waals surface area contributed by atoms with Crippen molar-refractivity contribution in [3.63, 3.8) is 0 Å². The topological polar surface area (TPSA) is 20.2 Å². The molecule has 0 amide bonds. The summed E-state index contributed by atoms with van der Waals surface area (Å²) >= 11 is 0. The fourth-order valence-electron chi connectivity index (χ4n) is 3.18. The normalized spacial score (nSPS) is 31.2. The molecule has 17 heavy (non-hydrogen) atoms. The van der Waals surface area contributed by atoms with Crippen LogP contribution in [0.25, 0.3) is 0 Å². The van der Waals surface area contributed by atoms with Gasteiger partial charge in [-0.15, -0.1) is 6.58 Å². The Balaban J connectivity index is 2.74. The molecule has 0 aromatic heterocycles. The monoisotopic (exact) mass is 236 g/mol. The van der Waals surface area contributed by atoms with Crippen molar-refractivity contribution >= 4 is 0 Å². The molecule has 1 N–H and O–H groups in total. The van der Waals surface area contributed by atoms with Crippen LogP contribution in [0.2, 0.25) is 0 Å². The van der Waals surface area contributed by atoms with Gasteiger partial charge in [-0.25, -0.2) is 0 Å². The van der Waals surface area contributed by atoms with Crippen molar-refractivity contribution < 1.29 is 5.11 Å². The average Bonchev–Trinajstić information content (AvgIpc) is 2.27. The molecule has 0 radical (unpaired) electrons. The van der Waals surface area contributed by atoms with Crippen molar-refractivity contribution in [1.82, 2.24) is 0 Å². The van der Waals surface area contributed by atoms with E-state index in [2.05, 4.69) is 33.9 Å². The van der Waals surface area contributed by atoms with Crippen molar-refractivity contribution in [2.75, 3.05) is 0 Å². The highest BCUT2D eigenvalue weighted by atomic mass is 16.3. The summed E-state index contributed by atoms with van der Waals surface area (Å²) in [5.41, 5.74) is 1.04. The molecule has 98 valence electrons. The molecule has 1 heteroatoms. The van der Waals surface area contributed by atoms with E-state index in [-0.39, 0.29) is 0 Å². The second-order valence-corrected chi connectivity index (χ2v) is 6.05. The van der Waals surface area contributed by atoms with Crippen LogP contribution in [0.4, 0.5) is 0 Å². The highest BCUT2D eigenvalue weighted by Crippen LogP contribution is 2.42. The third kappa shape index (κ3) is 3.70. The number of aliphatic hydroxyl groups is 1. The first-order valence-electron chi connectivity index (χ1n) is 6.95. The van der Waals surface area contributed by atoms with Gasteiger partial charge >= 0.3 is 0 Å². The third-order valence-electron chi connectivity index (χ3n) is 4.32. The van der Waals surface area contributed by atoms with Crippen LogP contribution in [-0.4, -0.2) is 11.2 Å². The molecule has 4 atom stereocenters. The van der Waals surface area contributed by atoms with Crippen LogP contribution < -0.4 is 0 Å². The summed E-state index contributed by atoms with van der Waals surface area (Å²) in [6.45, 7) is 14.8. The lowest BCUT2D eigenvalue weighted by atomic mass is 9.66. The molecular formula is C16H28O. The fraction of sp³-hybridized carbons (Fsp3) is 0.750. The summed E-state index contributed by atoms with van der Waals surface area (Å²) < 4.78 is 0. The second kappa shape index (κ2) is 6.39. The van der Waals surface area contributed by atoms with Gasteiger partial charge in [-0.05, 0) is 48.5 Å². The van der Waals surface area contributed by atoms with E-state index in [1.165, 1.54) is 19.3 Å². The van der Waals surface area contributed by atoms with Gasteiger partial charge in [0.05, 0.1) is 6.10 Å². The number of rotatable bonds is 5. The van der Waals surface area contributed by atoms with Crippen molar-refractivity contribution in [3.8, 4) is 0 Å². The Morgan fingerprint density at radius 3 is 2.59 bits per heavy atom. The molecule has 1 aliphatic carbocycles. The minimum atomic E-state index is -0.399. The van der Waals surface area contributed by atoms with Crippen molar-refractivity contribution in [1.29, 1.82) is 0 Å². The lowest BCUT2D eigenvalue weighted by molar-refractivity contribution is 0.130. The molecule has 0 aromatic rings. The molecule has 1 nitrogen and oxygen atoms in total. The molecular weight excluding hydrogens is 208 g/mol. The van der Waals surface area contributed by atoms with Crippen molar-refractivity contribution in [2.24, 2.45) is 23.7 Å². The van der Waals surface area contributed by atoms with Crippen LogP contribution >= 0.6 is 0 Å². The van der Waals surface area contributed by atoms with E-state index in [0.717, 1.165) is 11.5 Å². The van der Waals surface area contributed by atoms with Crippen LogP contribution in [0.15, 0.2) is 24.8 Å². The minimum absolute atomic E-state index is 0.399. The molecule has 1 fully saturated rings. The zero-order chi connectivity index (χ0) is 13.0. The minimum Gasteiger partial charge on any atom is -0.388 e. The number of aliphatic hydroxyl groups excluding tert-OH is 1. The molecule has 0 spiro atoms. The standard InChI is InChI=1S/C16H28O/c1-6-7-16(17)13(5)15-10-12(4)8-9-14(15)11(2)3/h6,11-12,14-17H,1,5,7-10H2,2-4H3/t12?,14?,15?,16-/m0/s1. The first-order chi connectivity index (χ1) is 7.97. The van der Waals surface area contributed by atoms with Gasteiger partial charge in [0.2, 0.25) is 0 Å². The number of hydrogen-bond acceptors (Lipinski definition) is 1. The highest BCUT2D eigenvalue weighted by molar-refractivity contribution is 5.11. The Morgan fingerprint density at radius 1 is 1.41 bits per heavy atom. The molecule has 0 heterocycles. The Morgan fingerprint density at radius 2 is 2.06 bits per heavy atom. The maximum absolute atomic E-state index is 10.1. The summed E-state index contributed by atoms with van der Waals surface area (Å²) in [5.74, 6) is 2.63. The second-order valence-electron chi connectivity index (χ2n) is 6.05. The molecule has 0 aliphatic heterocycles. The van der Waals surface area contributed by atoms with Crippen LogP contribution in [0.5, 0.6) is 0 Å². The molecule has 1 aliphatic rings. The zero-order valence-electron chi connectivity index (χ0n) is 11.7. The van der Waals surface area contributed by atoms with E-state index in [1.807, 2.05) is 0 Å². The SMILES string of the molecule is C=CC[C@H](O)C(=C)C1CC(C)CCC1C(C)C. The lowest BCUT2D eigenvalue weighted by Crippen LogP contribution is -2.32. The molecule has 3 unspecified atom stereocenters. The molecule has 0 bridgehead atoms. The van der Waals surface area contributed by atoms with Crippen LogP contribution in [0.3, 0.4) is 0 Å². The van der Waals surface area contributed by atoms with Gasteiger partial charge in [-0.2, -0.15) is 0 Å². The molecule has 0 saturated heterocycles. The van der Waals surface area contributed by atoms with Crippen LogP contribution in [0.1, 0.15) is 46.5 Å². The highest BCUT2D eigenvalue weighted by Gasteiger charge is 2.33. The quantitative estimate of drug-likeness (QED) is 0.710. The van der Waals surface area contributed by atoms with E-state index >= 15 is 0 Å². The van der Waals surface area contributed by atoms with E-state index in [9.17, 15) is 5.11 Å². The van der Waals surface area contributed by atoms with Crippen LogP contribution in [-0.2, 0) is 0 Å². The summed E-state index contributed by atoms with van der Waals surface area (Å²) in [4.78, 5) is 0. The van der Waals surface area contributed by atoms with Gasteiger partial charge < -0.3 is 5.11 Å².